The van der Waals surface area contributed by atoms with E-state index in [0.29, 0.717) is 22.9 Å². The molecule has 0 aliphatic carbocycles. The first-order valence-electron chi connectivity index (χ1n) is 10.1. The van der Waals surface area contributed by atoms with Crippen LogP contribution in [0.15, 0.2) is 43.5 Å². The van der Waals surface area contributed by atoms with Crippen molar-refractivity contribution in [3.8, 4) is 0 Å². The molecule has 10 heteroatoms. The molecule has 0 saturated heterocycles. The number of aromatic amines is 1. The van der Waals surface area contributed by atoms with Gasteiger partial charge in [-0.05, 0) is 24.0 Å². The Morgan fingerprint density at radius 3 is 2.58 bits per heavy atom. The van der Waals surface area contributed by atoms with E-state index in [2.05, 4.69) is 9.97 Å². The number of nitrogens with zero attached hydrogens (tertiary/aromatic N) is 3. The van der Waals surface area contributed by atoms with Gasteiger partial charge in [0, 0.05) is 13.1 Å². The number of hydrogen-bond donors (Lipinski definition) is 2. The first-order chi connectivity index (χ1) is 14.7. The Morgan fingerprint density at radius 2 is 1.94 bits per heavy atom. The van der Waals surface area contributed by atoms with Gasteiger partial charge in [0.15, 0.2) is 11.3 Å². The summed E-state index contributed by atoms with van der Waals surface area (Å²) >= 11 is 1.14. The lowest BCUT2D eigenvalue weighted by molar-refractivity contribution is -0.116. The fraction of sp³-hybridized carbons (Fsp3) is 0.429. The van der Waals surface area contributed by atoms with E-state index in [1.807, 2.05) is 45.9 Å². The van der Waals surface area contributed by atoms with E-state index < -0.39 is 11.2 Å². The van der Waals surface area contributed by atoms with Crippen LogP contribution in [-0.2, 0) is 11.3 Å². The Morgan fingerprint density at radius 1 is 1.23 bits per heavy atom. The summed E-state index contributed by atoms with van der Waals surface area (Å²) in [5.74, 6) is -0.136. The highest BCUT2D eigenvalue weighted by Crippen LogP contribution is 2.25. The number of oxazole rings is 1. The highest BCUT2D eigenvalue weighted by Gasteiger charge is 2.25. The molecular weight excluding hydrogens is 418 g/mol. The number of nitrogens with one attached hydrogen (secondary N) is 1. The van der Waals surface area contributed by atoms with E-state index >= 15 is 0 Å². The second kappa shape index (κ2) is 9.42. The van der Waals surface area contributed by atoms with E-state index in [1.54, 1.807) is 6.07 Å². The zero-order valence-corrected chi connectivity index (χ0v) is 18.9. The van der Waals surface area contributed by atoms with Gasteiger partial charge in [-0.3, -0.25) is 19.1 Å². The molecule has 0 aliphatic heterocycles. The van der Waals surface area contributed by atoms with Crippen LogP contribution >= 0.6 is 11.8 Å². The van der Waals surface area contributed by atoms with E-state index in [-0.39, 0.29) is 41.5 Å². The van der Waals surface area contributed by atoms with Crippen LogP contribution in [0.25, 0.3) is 11.1 Å². The van der Waals surface area contributed by atoms with Crippen LogP contribution in [0.3, 0.4) is 0 Å². The fourth-order valence-corrected chi connectivity index (χ4v) is 3.90. The maximum Gasteiger partial charge on any atom is 0.330 e. The Balaban J connectivity index is 1.91. The number of carbonyl (C=O) groups excluding carboxylic acids is 1. The predicted molar refractivity (Wildman–Crippen MR) is 122 cm³/mol. The number of rotatable bonds is 8. The number of aromatic nitrogens is 3. The number of anilines is 2. The molecule has 9 nitrogen and oxygen atoms in total. The van der Waals surface area contributed by atoms with E-state index in [1.165, 1.54) is 9.47 Å². The number of nitrogens with two attached hydrogens (primary N) is 1. The fourth-order valence-electron chi connectivity index (χ4n) is 3.18. The topological polar surface area (TPSA) is 127 Å². The van der Waals surface area contributed by atoms with Crippen LogP contribution in [0.5, 0.6) is 0 Å². The average molecular weight is 446 g/mol. The number of H-pyrrole nitrogens is 1. The summed E-state index contributed by atoms with van der Waals surface area (Å²) < 4.78 is 6.96. The van der Waals surface area contributed by atoms with Gasteiger partial charge in [-0.2, -0.15) is 0 Å². The van der Waals surface area contributed by atoms with Crippen LogP contribution in [0.2, 0.25) is 0 Å². The largest absolute Gasteiger partial charge is 0.431 e. The molecule has 31 heavy (non-hydrogen) atoms. The number of thioether (sulfide) groups is 1. The van der Waals surface area contributed by atoms with Crippen LogP contribution in [0.4, 0.5) is 11.5 Å². The van der Waals surface area contributed by atoms with Crippen molar-refractivity contribution in [2.45, 2.75) is 39.5 Å². The minimum Gasteiger partial charge on any atom is -0.431 e. The van der Waals surface area contributed by atoms with Crippen molar-refractivity contribution >= 4 is 40.3 Å². The molecule has 3 N–H and O–H groups in total. The van der Waals surface area contributed by atoms with Gasteiger partial charge in [-0.25, -0.2) is 9.78 Å². The van der Waals surface area contributed by atoms with Gasteiger partial charge in [-0.15, -0.1) is 0 Å². The molecular formula is C21H27N5O4S. The van der Waals surface area contributed by atoms with Gasteiger partial charge in [0.05, 0.1) is 5.75 Å². The first-order valence-corrected chi connectivity index (χ1v) is 11.1. The number of benzene rings is 1. The predicted octanol–water partition coefficient (Wildman–Crippen LogP) is 2.70. The first kappa shape index (κ1) is 22.7. The number of nitrogen functional groups attached to an aromatic ring is 1. The van der Waals surface area contributed by atoms with Crippen molar-refractivity contribution in [2.24, 2.45) is 11.8 Å². The quantitative estimate of drug-likeness (QED) is 0.510. The number of fused-ring (bicyclic) bond motifs is 1. The van der Waals surface area contributed by atoms with Crippen molar-refractivity contribution in [3.63, 3.8) is 0 Å². The van der Waals surface area contributed by atoms with Gasteiger partial charge < -0.3 is 15.1 Å². The third-order valence-electron chi connectivity index (χ3n) is 4.47. The lowest BCUT2D eigenvalue weighted by Gasteiger charge is -2.26. The molecule has 1 amide bonds. The smallest absolute Gasteiger partial charge is 0.330 e. The Hall–Kier alpha value is -3.01. The van der Waals surface area contributed by atoms with Gasteiger partial charge in [0.25, 0.3) is 10.8 Å². The molecule has 0 atom stereocenters. The maximum absolute atomic E-state index is 13.1. The summed E-state index contributed by atoms with van der Waals surface area (Å²) in [4.78, 5) is 46.0. The van der Waals surface area contributed by atoms with E-state index in [0.717, 1.165) is 11.8 Å². The van der Waals surface area contributed by atoms with Gasteiger partial charge in [-0.1, -0.05) is 51.6 Å². The molecule has 3 rings (SSSR count). The van der Waals surface area contributed by atoms with Crippen LogP contribution in [0, 0.1) is 11.8 Å². The van der Waals surface area contributed by atoms with Gasteiger partial charge in [0.2, 0.25) is 5.91 Å². The van der Waals surface area contributed by atoms with Gasteiger partial charge >= 0.3 is 5.69 Å². The number of hydrogen-bond acceptors (Lipinski definition) is 7. The summed E-state index contributed by atoms with van der Waals surface area (Å²) in [6, 6.07) is 7.33. The standard InChI is InChI=1S/C21H27N5O4S/c1-12(2)9-25(17-18(22)26(10-13(3)4)20(29)24-19(17)28)16(27)11-31-21-23-14-7-5-6-8-15(14)30-21/h5-8,12-13H,9-11,22H2,1-4H3,(H,24,28,29). The Bertz CT molecular complexity index is 1160. The molecule has 0 fully saturated rings. The highest BCUT2D eigenvalue weighted by atomic mass is 32.2. The Labute approximate surface area is 183 Å². The third-order valence-corrected chi connectivity index (χ3v) is 5.29. The molecule has 0 unspecified atom stereocenters. The average Bonchev–Trinajstić information content (AvgIpc) is 3.11. The molecule has 0 radical (unpaired) electrons. The molecule has 0 aliphatic rings. The van der Waals surface area contributed by atoms with Crippen molar-refractivity contribution in [1.29, 1.82) is 0 Å². The minimum atomic E-state index is -0.677. The summed E-state index contributed by atoms with van der Waals surface area (Å²) in [6.45, 7) is 8.34. The summed E-state index contributed by atoms with van der Waals surface area (Å²) in [5.41, 5.74) is 6.30. The summed E-state index contributed by atoms with van der Waals surface area (Å²) in [6.07, 6.45) is 0. The molecule has 3 aromatic rings. The van der Waals surface area contributed by atoms with Crippen LogP contribution < -0.4 is 21.9 Å². The zero-order chi connectivity index (χ0) is 22.7. The number of carbonyl (C=O) groups is 1. The number of amides is 1. The van der Waals surface area contributed by atoms with Crippen LogP contribution in [0.1, 0.15) is 27.7 Å². The highest BCUT2D eigenvalue weighted by molar-refractivity contribution is 7.99. The summed E-state index contributed by atoms with van der Waals surface area (Å²) in [7, 11) is 0. The Kier molecular flexibility index (Phi) is 6.89. The van der Waals surface area contributed by atoms with Crippen molar-refractivity contribution in [2.75, 3.05) is 22.9 Å². The molecule has 2 heterocycles. The molecule has 0 bridgehead atoms. The monoisotopic (exact) mass is 445 g/mol. The SMILES string of the molecule is CC(C)CN(C(=O)CSc1nc2ccccc2o1)c1c(N)n(CC(C)C)c(=O)[nH]c1=O. The lowest BCUT2D eigenvalue weighted by atomic mass is 10.2. The number of para-hydroxylation sites is 2. The normalized spacial score (nSPS) is 11.5. The zero-order valence-electron chi connectivity index (χ0n) is 18.0. The van der Waals surface area contributed by atoms with Crippen molar-refractivity contribution in [3.05, 3.63) is 45.1 Å². The molecule has 1 aromatic carbocycles. The second-order valence-corrected chi connectivity index (χ2v) is 9.06. The molecule has 0 spiro atoms. The minimum absolute atomic E-state index is 0.00172. The van der Waals surface area contributed by atoms with Gasteiger partial charge in [0.1, 0.15) is 11.3 Å². The molecule has 2 aromatic heterocycles. The van der Waals surface area contributed by atoms with E-state index in [9.17, 15) is 14.4 Å². The second-order valence-electron chi connectivity index (χ2n) is 8.13. The van der Waals surface area contributed by atoms with Crippen LogP contribution in [-0.4, -0.2) is 32.7 Å². The maximum atomic E-state index is 13.1. The molecule has 0 saturated carbocycles. The molecule has 166 valence electrons. The summed E-state index contributed by atoms with van der Waals surface area (Å²) in [5, 5.41) is 0.366. The third kappa shape index (κ3) is 5.19. The lowest BCUT2D eigenvalue weighted by Crippen LogP contribution is -2.43. The van der Waals surface area contributed by atoms with Crippen molar-refractivity contribution < 1.29 is 9.21 Å². The van der Waals surface area contributed by atoms with E-state index in [4.69, 9.17) is 10.2 Å². The van der Waals surface area contributed by atoms with Crippen molar-refractivity contribution in [1.82, 2.24) is 14.5 Å².